The number of ether oxygens (including phenoxy) is 1. The summed E-state index contributed by atoms with van der Waals surface area (Å²) in [6.07, 6.45) is -0.708. The number of nitrogens with zero attached hydrogens (tertiary/aromatic N) is 1. The lowest BCUT2D eigenvalue weighted by Crippen LogP contribution is -2.32. The molecule has 1 atom stereocenters. The van der Waals surface area contributed by atoms with Crippen LogP contribution in [0.25, 0.3) is 0 Å². The number of benzene rings is 1. The summed E-state index contributed by atoms with van der Waals surface area (Å²) in [6, 6.07) is 3.08. The van der Waals surface area contributed by atoms with Gasteiger partial charge in [0.05, 0.1) is 22.9 Å². The van der Waals surface area contributed by atoms with Gasteiger partial charge in [0, 0.05) is 26.3 Å². The highest BCUT2D eigenvalue weighted by molar-refractivity contribution is 9.10. The normalized spacial score (nSPS) is 12.3. The first-order valence-electron chi connectivity index (χ1n) is 5.59. The number of nitrogen functional groups attached to an aromatic ring is 1. The molecule has 0 bridgehead atoms. The largest absolute Gasteiger partial charge is 0.389 e. The Morgan fingerprint density at radius 3 is 2.79 bits per heavy atom. The zero-order chi connectivity index (χ0) is 14.6. The van der Waals surface area contributed by atoms with Crippen molar-refractivity contribution in [1.82, 2.24) is 0 Å². The minimum Gasteiger partial charge on any atom is -0.389 e. The number of halogens is 2. The van der Waals surface area contributed by atoms with Crippen LogP contribution in [0.5, 0.6) is 0 Å². The molecule has 0 amide bonds. The summed E-state index contributed by atoms with van der Waals surface area (Å²) in [4.78, 5) is 1.58. The average molecular weight is 334 g/mol. The van der Waals surface area contributed by atoms with Crippen LogP contribution >= 0.6 is 15.9 Å². The molecular formula is C12H17BrFN3O2. The molecule has 7 heteroatoms. The zero-order valence-corrected chi connectivity index (χ0v) is 12.4. The number of nitrogens with two attached hydrogens (primary N) is 1. The van der Waals surface area contributed by atoms with E-state index >= 15 is 0 Å². The monoisotopic (exact) mass is 333 g/mol. The van der Waals surface area contributed by atoms with Gasteiger partial charge in [0.2, 0.25) is 0 Å². The van der Waals surface area contributed by atoms with Crippen LogP contribution in [0.1, 0.15) is 5.56 Å². The number of nitrogens with one attached hydrogen (secondary N) is 1. The minimum atomic E-state index is -0.708. The average Bonchev–Trinajstić information content (AvgIpc) is 2.32. The maximum absolute atomic E-state index is 14.2. The van der Waals surface area contributed by atoms with Crippen molar-refractivity contribution in [1.29, 1.82) is 5.41 Å². The Morgan fingerprint density at radius 1 is 1.63 bits per heavy atom. The van der Waals surface area contributed by atoms with Crippen molar-refractivity contribution >= 4 is 27.5 Å². The van der Waals surface area contributed by atoms with Gasteiger partial charge in [-0.1, -0.05) is 0 Å². The molecule has 0 fully saturated rings. The number of amidine groups is 1. The van der Waals surface area contributed by atoms with Crippen molar-refractivity contribution < 1.29 is 14.2 Å². The van der Waals surface area contributed by atoms with Crippen molar-refractivity contribution in [2.24, 2.45) is 5.73 Å². The Kier molecular flexibility index (Phi) is 5.71. The minimum absolute atomic E-state index is 0.144. The molecule has 0 aliphatic carbocycles. The van der Waals surface area contributed by atoms with Gasteiger partial charge in [-0.2, -0.15) is 0 Å². The van der Waals surface area contributed by atoms with Crippen molar-refractivity contribution in [3.8, 4) is 0 Å². The molecule has 0 aliphatic heterocycles. The van der Waals surface area contributed by atoms with E-state index in [1.165, 1.54) is 13.2 Å². The molecule has 0 aromatic heterocycles. The van der Waals surface area contributed by atoms with Crippen LogP contribution in [0.2, 0.25) is 0 Å². The van der Waals surface area contributed by atoms with Gasteiger partial charge in [-0.05, 0) is 28.1 Å². The van der Waals surface area contributed by atoms with E-state index in [9.17, 15) is 9.50 Å². The van der Waals surface area contributed by atoms with E-state index < -0.39 is 11.9 Å². The summed E-state index contributed by atoms with van der Waals surface area (Å²) >= 11 is 3.09. The van der Waals surface area contributed by atoms with Crippen LogP contribution in [-0.2, 0) is 4.74 Å². The number of rotatable bonds is 6. The molecule has 1 rings (SSSR count). The van der Waals surface area contributed by atoms with Crippen LogP contribution in [0.3, 0.4) is 0 Å². The van der Waals surface area contributed by atoms with Crippen LogP contribution < -0.4 is 10.6 Å². The maximum Gasteiger partial charge on any atom is 0.161 e. The van der Waals surface area contributed by atoms with Gasteiger partial charge in [-0.25, -0.2) is 4.39 Å². The SMILES string of the molecule is COCC(O)CN(C)c1ccc(C(=N)N)c(Br)c1F. The third-order valence-corrected chi connectivity index (χ3v) is 3.38. The van der Waals surface area contributed by atoms with Crippen LogP contribution in [-0.4, -0.2) is 44.4 Å². The molecule has 19 heavy (non-hydrogen) atoms. The van der Waals surface area contributed by atoms with E-state index in [0.717, 1.165) is 0 Å². The topological polar surface area (TPSA) is 82.6 Å². The second-order valence-corrected chi connectivity index (χ2v) is 4.96. The predicted octanol–water partition coefficient (Wildman–Crippen LogP) is 1.32. The lowest BCUT2D eigenvalue weighted by atomic mass is 10.1. The van der Waals surface area contributed by atoms with Gasteiger partial charge in [0.1, 0.15) is 5.84 Å². The van der Waals surface area contributed by atoms with Gasteiger partial charge in [0.25, 0.3) is 0 Å². The standard InChI is InChI=1S/C12H17BrFN3O2/c1-17(5-7(18)6-19-2)9-4-3-8(12(15)16)10(13)11(9)14/h3-4,7,18H,5-6H2,1-2H3,(H3,15,16). The van der Waals surface area contributed by atoms with E-state index in [2.05, 4.69) is 15.9 Å². The molecule has 0 heterocycles. The molecule has 1 unspecified atom stereocenters. The Balaban J connectivity index is 2.96. The molecule has 0 spiro atoms. The fourth-order valence-electron chi connectivity index (χ4n) is 1.70. The molecule has 0 radical (unpaired) electrons. The molecule has 106 valence electrons. The molecule has 0 saturated carbocycles. The smallest absolute Gasteiger partial charge is 0.161 e. The van der Waals surface area contributed by atoms with Gasteiger partial charge in [-0.3, -0.25) is 5.41 Å². The predicted molar refractivity (Wildman–Crippen MR) is 76.3 cm³/mol. The van der Waals surface area contributed by atoms with Crippen LogP contribution in [0.4, 0.5) is 10.1 Å². The summed E-state index contributed by atoms with van der Waals surface area (Å²) < 4.78 is 19.1. The summed E-state index contributed by atoms with van der Waals surface area (Å²) in [5.41, 5.74) is 5.96. The molecule has 1 aromatic rings. The van der Waals surface area contributed by atoms with E-state index in [-0.39, 0.29) is 23.5 Å². The Bertz CT molecular complexity index is 471. The highest BCUT2D eigenvalue weighted by Crippen LogP contribution is 2.28. The van der Waals surface area contributed by atoms with E-state index in [0.29, 0.717) is 11.3 Å². The number of aliphatic hydroxyl groups is 1. The molecule has 0 aliphatic rings. The number of hydrogen-bond acceptors (Lipinski definition) is 4. The summed E-state index contributed by atoms with van der Waals surface area (Å²) in [5, 5.41) is 17.0. The fourth-order valence-corrected chi connectivity index (χ4v) is 2.25. The van der Waals surface area contributed by atoms with Crippen molar-refractivity contribution in [2.45, 2.75) is 6.10 Å². The van der Waals surface area contributed by atoms with E-state index in [4.69, 9.17) is 15.9 Å². The third-order valence-electron chi connectivity index (χ3n) is 2.61. The quantitative estimate of drug-likeness (QED) is 0.541. The van der Waals surface area contributed by atoms with Gasteiger partial charge < -0.3 is 20.5 Å². The van der Waals surface area contributed by atoms with E-state index in [1.54, 1.807) is 18.0 Å². The summed E-state index contributed by atoms with van der Waals surface area (Å²) in [6.45, 7) is 0.412. The van der Waals surface area contributed by atoms with Crippen LogP contribution in [0, 0.1) is 11.2 Å². The molecule has 0 saturated heterocycles. The molecular weight excluding hydrogens is 317 g/mol. The summed E-state index contributed by atoms with van der Waals surface area (Å²) in [5.74, 6) is -0.723. The van der Waals surface area contributed by atoms with E-state index in [1.807, 2.05) is 0 Å². The Morgan fingerprint density at radius 2 is 2.26 bits per heavy atom. The first-order chi connectivity index (χ1) is 8.88. The Hall–Kier alpha value is -1.18. The van der Waals surface area contributed by atoms with Crippen molar-refractivity contribution in [3.05, 3.63) is 28.0 Å². The molecule has 1 aromatic carbocycles. The number of hydrogen-bond donors (Lipinski definition) is 3. The lowest BCUT2D eigenvalue weighted by molar-refractivity contribution is 0.0694. The number of aliphatic hydroxyl groups excluding tert-OH is 1. The van der Waals surface area contributed by atoms with Crippen LogP contribution in [0.15, 0.2) is 16.6 Å². The fraction of sp³-hybridized carbons (Fsp3) is 0.417. The molecule has 5 nitrogen and oxygen atoms in total. The highest BCUT2D eigenvalue weighted by Gasteiger charge is 2.17. The van der Waals surface area contributed by atoms with Crippen molar-refractivity contribution in [3.63, 3.8) is 0 Å². The first-order valence-corrected chi connectivity index (χ1v) is 6.38. The highest BCUT2D eigenvalue weighted by atomic mass is 79.9. The second kappa shape index (κ2) is 6.83. The third kappa shape index (κ3) is 3.89. The van der Waals surface area contributed by atoms with Gasteiger partial charge in [-0.15, -0.1) is 0 Å². The lowest BCUT2D eigenvalue weighted by Gasteiger charge is -2.23. The van der Waals surface area contributed by atoms with Gasteiger partial charge in [0.15, 0.2) is 5.82 Å². The zero-order valence-electron chi connectivity index (χ0n) is 10.8. The number of methoxy groups -OCH3 is 1. The maximum atomic E-state index is 14.2. The van der Waals surface area contributed by atoms with Gasteiger partial charge >= 0.3 is 0 Å². The first kappa shape index (κ1) is 15.9. The Labute approximate surface area is 119 Å². The summed E-state index contributed by atoms with van der Waals surface area (Å²) in [7, 11) is 3.15. The second-order valence-electron chi connectivity index (χ2n) is 4.16. The molecule has 4 N–H and O–H groups in total. The number of anilines is 1. The number of likely N-dealkylation sites (N-methyl/N-ethyl adjacent to an activating group) is 1. The van der Waals surface area contributed by atoms with Crippen molar-refractivity contribution in [2.75, 3.05) is 32.2 Å².